The van der Waals surface area contributed by atoms with Gasteiger partial charge in [0.1, 0.15) is 5.82 Å². The van der Waals surface area contributed by atoms with Gasteiger partial charge in [-0.3, -0.25) is 14.4 Å². The highest BCUT2D eigenvalue weighted by atomic mass is 16.4. The van der Waals surface area contributed by atoms with Crippen molar-refractivity contribution < 1.29 is 19.1 Å². The molecule has 0 atom stereocenters. The van der Waals surface area contributed by atoms with Gasteiger partial charge in [0.25, 0.3) is 11.4 Å². The van der Waals surface area contributed by atoms with E-state index in [1.54, 1.807) is 20.8 Å². The molecule has 2 N–H and O–H groups in total. The monoisotopic (exact) mass is 424 g/mol. The van der Waals surface area contributed by atoms with E-state index in [4.69, 9.17) is 4.42 Å². The molecule has 0 saturated heterocycles. The average Bonchev–Trinajstić information content (AvgIpc) is 3.15. The molecule has 3 rings (SSSR count). The number of hydrogen-bond acceptors (Lipinski definition) is 8. The molecule has 3 aromatic rings. The van der Waals surface area contributed by atoms with Crippen LogP contribution in [0.15, 0.2) is 33.5 Å². The van der Waals surface area contributed by atoms with Crippen LogP contribution in [0.3, 0.4) is 0 Å². The highest BCUT2D eigenvalue weighted by Gasteiger charge is 2.31. The van der Waals surface area contributed by atoms with Crippen LogP contribution in [0, 0.1) is 13.8 Å². The Balaban J connectivity index is 1.82. The number of Topliss-reactive ketones (excluding diaryl/α,β-unsaturated/α-hetero) is 2. The van der Waals surface area contributed by atoms with E-state index in [9.17, 15) is 19.5 Å². The van der Waals surface area contributed by atoms with Gasteiger partial charge in [0.05, 0.1) is 0 Å². The Morgan fingerprint density at radius 1 is 1.10 bits per heavy atom. The highest BCUT2D eigenvalue weighted by Crippen LogP contribution is 2.27. The molecular weight excluding hydrogens is 400 g/mol. The van der Waals surface area contributed by atoms with Crippen molar-refractivity contribution in [1.29, 1.82) is 0 Å². The summed E-state index contributed by atoms with van der Waals surface area (Å²) in [5.41, 5.74) is -0.0265. The number of carbonyl (C=O) groups is 2. The molecule has 1 aromatic carbocycles. The number of aromatic amines is 1. The van der Waals surface area contributed by atoms with Crippen LogP contribution in [0.5, 0.6) is 5.75 Å². The second-order valence-electron chi connectivity index (χ2n) is 8.13. The minimum Gasteiger partial charge on any atom is -0.501 e. The van der Waals surface area contributed by atoms with Crippen molar-refractivity contribution in [2.45, 2.75) is 52.4 Å². The van der Waals surface area contributed by atoms with Gasteiger partial charge in [-0.25, -0.2) is 4.98 Å². The van der Waals surface area contributed by atoms with Crippen molar-refractivity contribution in [1.82, 2.24) is 20.2 Å². The van der Waals surface area contributed by atoms with Gasteiger partial charge in [-0.2, -0.15) is 0 Å². The van der Waals surface area contributed by atoms with E-state index in [0.717, 1.165) is 11.1 Å². The fraction of sp³-hybridized carbons (Fsp3) is 0.364. The maximum Gasteiger partial charge on any atom is 0.293 e. The molecular formula is C22H24N4O5. The third-order valence-electron chi connectivity index (χ3n) is 4.93. The molecule has 0 amide bonds. The standard InChI is InChI=1S/C22H24N4O5/c1-12-5-7-14(8-6-12)9-10-15(27)17-18(29)19(30)24-21(23-17)22(3,4)11-16(28)20-26-25-13(2)31-20/h5-8,29H,9-11H2,1-4H3,(H,23,24,30). The minimum atomic E-state index is -0.960. The van der Waals surface area contributed by atoms with Crippen LogP contribution in [0.4, 0.5) is 0 Å². The Morgan fingerprint density at radius 3 is 2.39 bits per heavy atom. The molecule has 2 aromatic heterocycles. The highest BCUT2D eigenvalue weighted by molar-refractivity contribution is 5.96. The summed E-state index contributed by atoms with van der Waals surface area (Å²) in [6.45, 7) is 6.91. The predicted molar refractivity (Wildman–Crippen MR) is 111 cm³/mol. The van der Waals surface area contributed by atoms with Gasteiger partial charge in [-0.1, -0.05) is 43.7 Å². The molecule has 9 heteroatoms. The molecule has 0 radical (unpaired) electrons. The van der Waals surface area contributed by atoms with Crippen LogP contribution in [0.2, 0.25) is 0 Å². The van der Waals surface area contributed by atoms with Crippen molar-refractivity contribution >= 4 is 11.6 Å². The lowest BCUT2D eigenvalue weighted by molar-refractivity contribution is 0.0920. The number of nitrogens with zero attached hydrogens (tertiary/aromatic N) is 3. The Morgan fingerprint density at radius 2 is 1.77 bits per heavy atom. The summed E-state index contributed by atoms with van der Waals surface area (Å²) >= 11 is 0. The summed E-state index contributed by atoms with van der Waals surface area (Å²) < 4.78 is 5.15. The number of carbonyl (C=O) groups excluding carboxylic acids is 2. The van der Waals surface area contributed by atoms with Crippen LogP contribution in [-0.2, 0) is 11.8 Å². The van der Waals surface area contributed by atoms with Gasteiger partial charge in [0, 0.05) is 25.2 Å². The zero-order valence-electron chi connectivity index (χ0n) is 17.9. The van der Waals surface area contributed by atoms with Crippen LogP contribution in [0.25, 0.3) is 0 Å². The number of aromatic nitrogens is 4. The molecule has 2 heterocycles. The van der Waals surface area contributed by atoms with E-state index in [0.29, 0.717) is 6.42 Å². The summed E-state index contributed by atoms with van der Waals surface area (Å²) in [6, 6.07) is 7.75. The number of aryl methyl sites for hydroxylation is 3. The fourth-order valence-corrected chi connectivity index (χ4v) is 3.08. The van der Waals surface area contributed by atoms with E-state index in [1.165, 1.54) is 0 Å². The van der Waals surface area contributed by atoms with Gasteiger partial charge in [0.2, 0.25) is 17.4 Å². The molecule has 0 bridgehead atoms. The summed E-state index contributed by atoms with van der Waals surface area (Å²) in [4.78, 5) is 44.1. The van der Waals surface area contributed by atoms with Crippen molar-refractivity contribution in [2.75, 3.05) is 0 Å². The Hall–Kier alpha value is -3.62. The number of hydrogen-bond donors (Lipinski definition) is 2. The van der Waals surface area contributed by atoms with Gasteiger partial charge in [-0.05, 0) is 18.9 Å². The first kappa shape index (κ1) is 22.1. The summed E-state index contributed by atoms with van der Waals surface area (Å²) in [6.07, 6.45) is 0.424. The van der Waals surface area contributed by atoms with Crippen LogP contribution < -0.4 is 5.56 Å². The minimum absolute atomic E-state index is 0.0765. The number of aromatic hydroxyl groups is 1. The maximum atomic E-state index is 12.7. The van der Waals surface area contributed by atoms with E-state index >= 15 is 0 Å². The van der Waals surface area contributed by atoms with Gasteiger partial charge < -0.3 is 14.5 Å². The Bertz CT molecular complexity index is 1180. The molecule has 0 unspecified atom stereocenters. The normalized spacial score (nSPS) is 11.5. The zero-order chi connectivity index (χ0) is 22.8. The molecule has 0 aliphatic carbocycles. The first-order chi connectivity index (χ1) is 14.6. The quantitative estimate of drug-likeness (QED) is 0.526. The molecule has 0 saturated carbocycles. The Kier molecular flexibility index (Phi) is 6.14. The second kappa shape index (κ2) is 8.63. The summed E-state index contributed by atoms with van der Waals surface area (Å²) in [7, 11) is 0. The number of ketones is 2. The largest absolute Gasteiger partial charge is 0.501 e. The molecule has 0 fully saturated rings. The SMILES string of the molecule is Cc1ccc(CCC(=O)c2nc(C(C)(C)CC(=O)c3nnc(C)o3)[nH]c(=O)c2O)cc1. The number of nitrogens with one attached hydrogen (secondary N) is 1. The predicted octanol–water partition coefficient (Wildman–Crippen LogP) is 2.84. The van der Waals surface area contributed by atoms with Crippen molar-refractivity contribution in [2.24, 2.45) is 0 Å². The van der Waals surface area contributed by atoms with Crippen molar-refractivity contribution in [3.8, 4) is 5.75 Å². The van der Waals surface area contributed by atoms with Gasteiger partial charge in [-0.15, -0.1) is 10.2 Å². The molecule has 0 aliphatic heterocycles. The third-order valence-corrected chi connectivity index (χ3v) is 4.93. The smallest absolute Gasteiger partial charge is 0.293 e. The number of rotatable bonds is 8. The van der Waals surface area contributed by atoms with Crippen LogP contribution in [-0.4, -0.2) is 36.8 Å². The van der Waals surface area contributed by atoms with Crippen molar-refractivity contribution in [3.63, 3.8) is 0 Å². The van der Waals surface area contributed by atoms with Crippen LogP contribution in [0.1, 0.15) is 70.7 Å². The lowest BCUT2D eigenvalue weighted by atomic mass is 9.86. The van der Waals surface area contributed by atoms with Gasteiger partial charge in [0.15, 0.2) is 11.5 Å². The van der Waals surface area contributed by atoms with E-state index in [1.807, 2.05) is 31.2 Å². The van der Waals surface area contributed by atoms with Crippen LogP contribution >= 0.6 is 0 Å². The summed E-state index contributed by atoms with van der Waals surface area (Å²) in [5.74, 6) is -1.38. The lowest BCUT2D eigenvalue weighted by Crippen LogP contribution is -2.29. The molecule has 0 aliphatic rings. The van der Waals surface area contributed by atoms with Gasteiger partial charge >= 0.3 is 0 Å². The first-order valence-corrected chi connectivity index (χ1v) is 9.82. The lowest BCUT2D eigenvalue weighted by Gasteiger charge is -2.22. The topological polar surface area (TPSA) is 139 Å². The maximum absolute atomic E-state index is 12.7. The number of H-pyrrole nitrogens is 1. The summed E-state index contributed by atoms with van der Waals surface area (Å²) in [5, 5.41) is 17.5. The Labute approximate surface area is 178 Å². The third kappa shape index (κ3) is 5.11. The zero-order valence-corrected chi connectivity index (χ0v) is 17.9. The molecule has 31 heavy (non-hydrogen) atoms. The molecule has 9 nitrogen and oxygen atoms in total. The fourth-order valence-electron chi connectivity index (χ4n) is 3.08. The second-order valence-corrected chi connectivity index (χ2v) is 8.13. The first-order valence-electron chi connectivity index (χ1n) is 9.82. The van der Waals surface area contributed by atoms with E-state index < -0.39 is 28.3 Å². The van der Waals surface area contributed by atoms with E-state index in [2.05, 4.69) is 20.2 Å². The molecule has 0 spiro atoms. The van der Waals surface area contributed by atoms with Crippen molar-refractivity contribution in [3.05, 3.63) is 69.0 Å². The average molecular weight is 424 g/mol. The molecule has 162 valence electrons. The number of benzene rings is 1. The van der Waals surface area contributed by atoms with E-state index in [-0.39, 0.29) is 36.1 Å².